The molecule has 1 aliphatic rings. The molecule has 0 aliphatic carbocycles. The molecule has 0 spiro atoms. The average molecular weight is 232 g/mol. The molecule has 0 bridgehead atoms. The van der Waals surface area contributed by atoms with Crippen molar-refractivity contribution in [2.45, 2.75) is 30.2 Å². The second-order valence-corrected chi connectivity index (χ2v) is 5.18. The second kappa shape index (κ2) is 4.90. The quantitative estimate of drug-likeness (QED) is 0.870. The lowest BCUT2D eigenvalue weighted by Crippen LogP contribution is -2.43. The predicted molar refractivity (Wildman–Crippen MR) is 67.4 cm³/mol. The standard InChI is InChI=1S/C13H16N2S/c1-2-8-15-13(10-14)7-9-16-12-6-4-3-5-11(12)13/h3-6,15H,2,7-9H2,1H3. The van der Waals surface area contributed by atoms with Gasteiger partial charge in [0, 0.05) is 10.6 Å². The van der Waals surface area contributed by atoms with E-state index in [2.05, 4.69) is 30.4 Å². The first-order chi connectivity index (χ1) is 7.82. The van der Waals surface area contributed by atoms with Gasteiger partial charge < -0.3 is 0 Å². The highest BCUT2D eigenvalue weighted by Crippen LogP contribution is 2.39. The van der Waals surface area contributed by atoms with Gasteiger partial charge in [-0.15, -0.1) is 11.8 Å². The summed E-state index contributed by atoms with van der Waals surface area (Å²) < 4.78 is 0. The fourth-order valence-electron chi connectivity index (χ4n) is 2.07. The molecular weight excluding hydrogens is 216 g/mol. The van der Waals surface area contributed by atoms with Crippen LogP contribution in [0.1, 0.15) is 25.3 Å². The van der Waals surface area contributed by atoms with Crippen molar-refractivity contribution in [2.24, 2.45) is 0 Å². The van der Waals surface area contributed by atoms with Crippen LogP contribution in [0.5, 0.6) is 0 Å². The van der Waals surface area contributed by atoms with Crippen LogP contribution in [0.3, 0.4) is 0 Å². The minimum absolute atomic E-state index is 0.460. The fraction of sp³-hybridized carbons (Fsp3) is 0.462. The van der Waals surface area contributed by atoms with Crippen LogP contribution in [0.4, 0.5) is 0 Å². The molecule has 0 radical (unpaired) electrons. The summed E-state index contributed by atoms with van der Waals surface area (Å²) in [6.45, 7) is 3.02. The molecule has 1 heterocycles. The largest absolute Gasteiger partial charge is 0.296 e. The van der Waals surface area contributed by atoms with Gasteiger partial charge in [0.2, 0.25) is 0 Å². The number of rotatable bonds is 3. The monoisotopic (exact) mass is 232 g/mol. The molecule has 84 valence electrons. The number of hydrogen-bond donors (Lipinski definition) is 1. The molecule has 0 saturated heterocycles. The number of thioether (sulfide) groups is 1. The van der Waals surface area contributed by atoms with E-state index in [0.29, 0.717) is 0 Å². The van der Waals surface area contributed by atoms with Gasteiger partial charge in [0.15, 0.2) is 0 Å². The third kappa shape index (κ3) is 1.95. The molecule has 1 aliphatic heterocycles. The Hall–Kier alpha value is -0.980. The van der Waals surface area contributed by atoms with Crippen molar-refractivity contribution in [3.63, 3.8) is 0 Å². The summed E-state index contributed by atoms with van der Waals surface area (Å²) in [5, 5.41) is 12.9. The van der Waals surface area contributed by atoms with Crippen molar-refractivity contribution in [1.29, 1.82) is 5.26 Å². The highest BCUT2D eigenvalue weighted by molar-refractivity contribution is 7.99. The van der Waals surface area contributed by atoms with E-state index in [-0.39, 0.29) is 0 Å². The third-order valence-electron chi connectivity index (χ3n) is 2.95. The van der Waals surface area contributed by atoms with Gasteiger partial charge >= 0.3 is 0 Å². The van der Waals surface area contributed by atoms with Crippen LogP contribution >= 0.6 is 11.8 Å². The summed E-state index contributed by atoms with van der Waals surface area (Å²) in [5.74, 6) is 1.02. The van der Waals surface area contributed by atoms with Crippen molar-refractivity contribution in [3.8, 4) is 6.07 Å². The SMILES string of the molecule is CCCNC1(C#N)CCSc2ccccc21. The topological polar surface area (TPSA) is 35.8 Å². The van der Waals surface area contributed by atoms with E-state index >= 15 is 0 Å². The van der Waals surface area contributed by atoms with Gasteiger partial charge in [-0.3, -0.25) is 5.32 Å². The van der Waals surface area contributed by atoms with Crippen LogP contribution in [0.25, 0.3) is 0 Å². The molecule has 0 aromatic heterocycles. The Morgan fingerprint density at radius 2 is 2.31 bits per heavy atom. The third-order valence-corrected chi connectivity index (χ3v) is 4.02. The maximum atomic E-state index is 9.49. The molecule has 2 nitrogen and oxygen atoms in total. The number of fused-ring (bicyclic) bond motifs is 1. The lowest BCUT2D eigenvalue weighted by molar-refractivity contribution is 0.406. The molecule has 1 atom stereocenters. The van der Waals surface area contributed by atoms with Crippen LogP contribution < -0.4 is 5.32 Å². The average Bonchev–Trinajstić information content (AvgIpc) is 2.36. The summed E-state index contributed by atoms with van der Waals surface area (Å²) in [6, 6.07) is 10.7. The van der Waals surface area contributed by atoms with E-state index in [9.17, 15) is 5.26 Å². The fourth-order valence-corrected chi connectivity index (χ4v) is 3.27. The molecule has 3 heteroatoms. The summed E-state index contributed by atoms with van der Waals surface area (Å²) in [4.78, 5) is 1.25. The zero-order chi connectivity index (χ0) is 11.4. The number of benzene rings is 1. The molecule has 0 saturated carbocycles. The molecule has 0 fully saturated rings. The Morgan fingerprint density at radius 3 is 3.06 bits per heavy atom. The Bertz CT molecular complexity index is 411. The molecule has 1 aromatic rings. The molecular formula is C13H16N2S. The first-order valence-electron chi connectivity index (χ1n) is 5.71. The number of nitriles is 1. The van der Waals surface area contributed by atoms with Gasteiger partial charge in [-0.1, -0.05) is 25.1 Å². The van der Waals surface area contributed by atoms with E-state index in [1.54, 1.807) is 0 Å². The van der Waals surface area contributed by atoms with Gasteiger partial charge in [0.25, 0.3) is 0 Å². The van der Waals surface area contributed by atoms with Gasteiger partial charge in [-0.25, -0.2) is 0 Å². The van der Waals surface area contributed by atoms with Gasteiger partial charge in [0.05, 0.1) is 6.07 Å². The van der Waals surface area contributed by atoms with Crippen LogP contribution in [0.15, 0.2) is 29.2 Å². The number of nitrogens with one attached hydrogen (secondary N) is 1. The molecule has 1 N–H and O–H groups in total. The summed E-state index contributed by atoms with van der Waals surface area (Å²) in [7, 11) is 0. The lowest BCUT2D eigenvalue weighted by Gasteiger charge is -2.33. The molecule has 16 heavy (non-hydrogen) atoms. The molecule has 1 unspecified atom stereocenters. The van der Waals surface area contributed by atoms with Gasteiger partial charge in [-0.2, -0.15) is 5.26 Å². The van der Waals surface area contributed by atoms with E-state index in [1.807, 2.05) is 23.9 Å². The van der Waals surface area contributed by atoms with Crippen LogP contribution in [-0.4, -0.2) is 12.3 Å². The van der Waals surface area contributed by atoms with Crippen molar-refractivity contribution in [1.82, 2.24) is 5.32 Å². The maximum absolute atomic E-state index is 9.49. The van der Waals surface area contributed by atoms with Crippen LogP contribution in [-0.2, 0) is 5.54 Å². The minimum atomic E-state index is -0.460. The maximum Gasteiger partial charge on any atom is 0.134 e. The summed E-state index contributed by atoms with van der Waals surface area (Å²) >= 11 is 1.85. The first kappa shape index (κ1) is 11.5. The molecule has 2 rings (SSSR count). The summed E-state index contributed by atoms with van der Waals surface area (Å²) in [5.41, 5.74) is 0.694. The van der Waals surface area contributed by atoms with E-state index in [0.717, 1.165) is 30.7 Å². The lowest BCUT2D eigenvalue weighted by atomic mass is 9.88. The second-order valence-electron chi connectivity index (χ2n) is 4.04. The Labute approximate surface area is 101 Å². The van der Waals surface area contributed by atoms with Gasteiger partial charge in [-0.05, 0) is 31.0 Å². The summed E-state index contributed by atoms with van der Waals surface area (Å²) in [6.07, 6.45) is 1.95. The molecule has 1 aromatic carbocycles. The van der Waals surface area contributed by atoms with Crippen molar-refractivity contribution in [3.05, 3.63) is 29.8 Å². The first-order valence-corrected chi connectivity index (χ1v) is 6.69. The minimum Gasteiger partial charge on any atom is -0.296 e. The van der Waals surface area contributed by atoms with Crippen LogP contribution in [0.2, 0.25) is 0 Å². The highest BCUT2D eigenvalue weighted by Gasteiger charge is 2.36. The smallest absolute Gasteiger partial charge is 0.134 e. The zero-order valence-electron chi connectivity index (χ0n) is 9.49. The van der Waals surface area contributed by atoms with E-state index < -0.39 is 5.54 Å². The van der Waals surface area contributed by atoms with Crippen molar-refractivity contribution < 1.29 is 0 Å². The van der Waals surface area contributed by atoms with E-state index in [1.165, 1.54) is 4.90 Å². The van der Waals surface area contributed by atoms with Crippen LogP contribution in [0, 0.1) is 11.3 Å². The van der Waals surface area contributed by atoms with E-state index in [4.69, 9.17) is 0 Å². The Kier molecular flexibility index (Phi) is 3.52. The molecule has 0 amide bonds. The van der Waals surface area contributed by atoms with Crippen molar-refractivity contribution >= 4 is 11.8 Å². The van der Waals surface area contributed by atoms with Gasteiger partial charge in [0.1, 0.15) is 5.54 Å². The zero-order valence-corrected chi connectivity index (χ0v) is 10.3. The highest BCUT2D eigenvalue weighted by atomic mass is 32.2. The predicted octanol–water partition coefficient (Wildman–Crippen LogP) is 2.90. The number of hydrogen-bond acceptors (Lipinski definition) is 3. The Morgan fingerprint density at radius 1 is 1.50 bits per heavy atom. The Balaban J connectivity index is 2.38. The normalized spacial score (nSPS) is 23.5. The van der Waals surface area contributed by atoms with Crippen molar-refractivity contribution in [2.75, 3.05) is 12.3 Å². The number of nitrogens with zero attached hydrogens (tertiary/aromatic N) is 1.